The van der Waals surface area contributed by atoms with Crippen molar-refractivity contribution < 1.29 is 23.9 Å². The third-order valence-corrected chi connectivity index (χ3v) is 4.44. The first kappa shape index (κ1) is 20.7. The minimum atomic E-state index is -0.887. The molecule has 1 heterocycles. The van der Waals surface area contributed by atoms with Crippen LogP contribution in [-0.4, -0.2) is 54.5 Å². The molecule has 148 valence electrons. The van der Waals surface area contributed by atoms with Gasteiger partial charge in [-0.1, -0.05) is 26.0 Å². The lowest BCUT2D eigenvalue weighted by Gasteiger charge is -2.35. The number of carbonyl (C=O) groups excluding carboxylic acids is 3. The summed E-state index contributed by atoms with van der Waals surface area (Å²) in [4.78, 5) is 39.1. The van der Waals surface area contributed by atoms with Crippen molar-refractivity contribution in [1.29, 1.82) is 0 Å². The fourth-order valence-corrected chi connectivity index (χ4v) is 2.81. The van der Waals surface area contributed by atoms with Crippen molar-refractivity contribution >= 4 is 17.8 Å². The van der Waals surface area contributed by atoms with Crippen LogP contribution in [0.25, 0.3) is 0 Å². The molecule has 2 unspecified atom stereocenters. The van der Waals surface area contributed by atoms with Crippen molar-refractivity contribution in [3.05, 3.63) is 29.8 Å². The Hall–Kier alpha value is -2.57. The molecule has 7 nitrogen and oxygen atoms in total. The van der Waals surface area contributed by atoms with Gasteiger partial charge in [-0.15, -0.1) is 0 Å². The maximum atomic E-state index is 13.1. The second kappa shape index (κ2) is 9.94. The second-order valence-corrected chi connectivity index (χ2v) is 6.56. The molecule has 0 radical (unpaired) electrons. The van der Waals surface area contributed by atoms with Crippen LogP contribution >= 0.6 is 0 Å². The van der Waals surface area contributed by atoms with E-state index in [1.807, 2.05) is 13.8 Å². The number of ether oxygens (including phenoxy) is 2. The van der Waals surface area contributed by atoms with Gasteiger partial charge in [-0.3, -0.25) is 14.4 Å². The number of carbonyl (C=O) groups is 3. The zero-order chi connectivity index (χ0) is 19.8. The summed E-state index contributed by atoms with van der Waals surface area (Å²) in [6.45, 7) is 6.86. The predicted molar refractivity (Wildman–Crippen MR) is 101 cm³/mol. The van der Waals surface area contributed by atoms with Crippen LogP contribution in [0, 0.1) is 0 Å². The standard InChI is InChI=1S/C20H28N2O5/c1-4-12-26-17-9-7-6-8-15(17)20(25)22-11-10-21-19(24)16(22)13-18(23)27-14(3)5-2/h6-9,14,16H,4-5,10-13H2,1-3H3,(H,21,24). The van der Waals surface area contributed by atoms with Crippen LogP contribution in [-0.2, 0) is 14.3 Å². The lowest BCUT2D eigenvalue weighted by atomic mass is 10.1. The van der Waals surface area contributed by atoms with E-state index in [1.165, 1.54) is 4.90 Å². The molecule has 0 bridgehead atoms. The van der Waals surface area contributed by atoms with Crippen molar-refractivity contribution in [3.63, 3.8) is 0 Å². The summed E-state index contributed by atoms with van der Waals surface area (Å²) in [5.74, 6) is -0.670. The quantitative estimate of drug-likeness (QED) is 0.703. The van der Waals surface area contributed by atoms with E-state index in [0.29, 0.717) is 37.4 Å². The molecule has 2 rings (SSSR count). The summed E-state index contributed by atoms with van der Waals surface area (Å²) in [7, 11) is 0. The molecule has 0 saturated carbocycles. The number of esters is 1. The highest BCUT2D eigenvalue weighted by atomic mass is 16.5. The maximum Gasteiger partial charge on any atom is 0.308 e. The first-order valence-corrected chi connectivity index (χ1v) is 9.47. The van der Waals surface area contributed by atoms with E-state index in [0.717, 1.165) is 6.42 Å². The smallest absolute Gasteiger partial charge is 0.308 e. The largest absolute Gasteiger partial charge is 0.493 e. The number of nitrogens with zero attached hydrogens (tertiary/aromatic N) is 1. The topological polar surface area (TPSA) is 84.9 Å². The Morgan fingerprint density at radius 3 is 2.74 bits per heavy atom. The van der Waals surface area contributed by atoms with Crippen LogP contribution in [0.15, 0.2) is 24.3 Å². The van der Waals surface area contributed by atoms with Crippen molar-refractivity contribution in [1.82, 2.24) is 10.2 Å². The number of para-hydroxylation sites is 1. The third-order valence-electron chi connectivity index (χ3n) is 4.44. The van der Waals surface area contributed by atoms with E-state index in [1.54, 1.807) is 31.2 Å². The molecule has 1 saturated heterocycles. The highest BCUT2D eigenvalue weighted by molar-refractivity contribution is 6.01. The molecule has 2 amide bonds. The summed E-state index contributed by atoms with van der Waals surface area (Å²) >= 11 is 0. The van der Waals surface area contributed by atoms with Gasteiger partial charge < -0.3 is 19.7 Å². The van der Waals surface area contributed by atoms with Gasteiger partial charge in [0.15, 0.2) is 0 Å². The van der Waals surface area contributed by atoms with Gasteiger partial charge in [0.25, 0.3) is 5.91 Å². The van der Waals surface area contributed by atoms with Crippen molar-refractivity contribution in [2.75, 3.05) is 19.7 Å². The van der Waals surface area contributed by atoms with Crippen LogP contribution in [0.1, 0.15) is 50.4 Å². The van der Waals surface area contributed by atoms with Gasteiger partial charge in [0, 0.05) is 13.1 Å². The fraction of sp³-hybridized carbons (Fsp3) is 0.550. The second-order valence-electron chi connectivity index (χ2n) is 6.56. The van der Waals surface area contributed by atoms with Gasteiger partial charge in [-0.25, -0.2) is 0 Å². The van der Waals surface area contributed by atoms with E-state index < -0.39 is 12.0 Å². The average Bonchev–Trinajstić information content (AvgIpc) is 2.67. The van der Waals surface area contributed by atoms with Crippen molar-refractivity contribution in [3.8, 4) is 5.75 Å². The summed E-state index contributed by atoms with van der Waals surface area (Å²) in [6, 6.07) is 6.07. The number of piperazine rings is 1. The van der Waals surface area contributed by atoms with Crippen molar-refractivity contribution in [2.24, 2.45) is 0 Å². The van der Waals surface area contributed by atoms with E-state index in [-0.39, 0.29) is 24.3 Å². The summed E-state index contributed by atoms with van der Waals surface area (Å²) in [5, 5.41) is 2.72. The molecule has 7 heteroatoms. The first-order valence-electron chi connectivity index (χ1n) is 9.47. The number of nitrogens with one attached hydrogen (secondary N) is 1. The molecule has 0 aliphatic carbocycles. The first-order chi connectivity index (χ1) is 13.0. The van der Waals surface area contributed by atoms with Gasteiger partial charge in [0.05, 0.1) is 24.7 Å². The van der Waals surface area contributed by atoms with E-state index >= 15 is 0 Å². The van der Waals surface area contributed by atoms with Gasteiger partial charge >= 0.3 is 5.97 Å². The lowest BCUT2D eigenvalue weighted by Crippen LogP contribution is -2.58. The number of hydrogen-bond donors (Lipinski definition) is 1. The van der Waals surface area contributed by atoms with Crippen molar-refractivity contribution in [2.45, 2.75) is 52.2 Å². The summed E-state index contributed by atoms with van der Waals surface area (Å²) < 4.78 is 10.9. The zero-order valence-electron chi connectivity index (χ0n) is 16.2. The third kappa shape index (κ3) is 5.45. The molecule has 27 heavy (non-hydrogen) atoms. The molecular weight excluding hydrogens is 348 g/mol. The van der Waals surface area contributed by atoms with Crippen LogP contribution in [0.5, 0.6) is 5.75 Å². The lowest BCUT2D eigenvalue weighted by molar-refractivity contribution is -0.151. The molecule has 1 aliphatic heterocycles. The maximum absolute atomic E-state index is 13.1. The van der Waals surface area contributed by atoms with E-state index in [2.05, 4.69) is 5.32 Å². The monoisotopic (exact) mass is 376 g/mol. The fourth-order valence-electron chi connectivity index (χ4n) is 2.81. The van der Waals surface area contributed by atoms with Gasteiger partial charge in [-0.2, -0.15) is 0 Å². The Labute approximate surface area is 160 Å². The molecule has 2 atom stereocenters. The summed E-state index contributed by atoms with van der Waals surface area (Å²) in [5.41, 5.74) is 0.390. The highest BCUT2D eigenvalue weighted by Gasteiger charge is 2.36. The van der Waals surface area contributed by atoms with Crippen LogP contribution in [0.4, 0.5) is 0 Å². The average molecular weight is 376 g/mol. The molecule has 0 spiro atoms. The van der Waals surface area contributed by atoms with Crippen LogP contribution in [0.3, 0.4) is 0 Å². The Kier molecular flexibility index (Phi) is 7.64. The Morgan fingerprint density at radius 1 is 1.30 bits per heavy atom. The Morgan fingerprint density at radius 2 is 2.04 bits per heavy atom. The number of rotatable bonds is 8. The van der Waals surface area contributed by atoms with E-state index in [9.17, 15) is 14.4 Å². The molecule has 0 aromatic heterocycles. The molecule has 1 aromatic carbocycles. The normalized spacial score (nSPS) is 17.8. The SMILES string of the molecule is CCCOc1ccccc1C(=O)N1CCNC(=O)C1CC(=O)OC(C)CC. The van der Waals surface area contributed by atoms with Gasteiger partial charge in [-0.05, 0) is 31.9 Å². The molecular formula is C20H28N2O5. The zero-order valence-corrected chi connectivity index (χ0v) is 16.2. The Bertz CT molecular complexity index is 676. The summed E-state index contributed by atoms with van der Waals surface area (Å²) in [6.07, 6.45) is 1.11. The molecule has 1 fully saturated rings. The Balaban J connectivity index is 2.19. The number of hydrogen-bond acceptors (Lipinski definition) is 5. The molecule has 1 N–H and O–H groups in total. The highest BCUT2D eigenvalue weighted by Crippen LogP contribution is 2.23. The van der Waals surface area contributed by atoms with Crippen LogP contribution in [0.2, 0.25) is 0 Å². The minimum absolute atomic E-state index is 0.167. The van der Waals surface area contributed by atoms with Gasteiger partial charge in [0.1, 0.15) is 11.8 Å². The molecule has 1 aliphatic rings. The van der Waals surface area contributed by atoms with E-state index in [4.69, 9.17) is 9.47 Å². The number of amides is 2. The predicted octanol–water partition coefficient (Wildman–Crippen LogP) is 2.15. The number of benzene rings is 1. The van der Waals surface area contributed by atoms with Crippen LogP contribution < -0.4 is 10.1 Å². The molecule has 1 aromatic rings. The van der Waals surface area contributed by atoms with Gasteiger partial charge in [0.2, 0.25) is 5.91 Å². The minimum Gasteiger partial charge on any atom is -0.493 e.